The summed E-state index contributed by atoms with van der Waals surface area (Å²) in [5, 5.41) is 1.26. The van der Waals surface area contributed by atoms with Gasteiger partial charge in [0.25, 0.3) is 10.1 Å². The first kappa shape index (κ1) is 22.4. The molecule has 0 saturated carbocycles. The summed E-state index contributed by atoms with van der Waals surface area (Å²) < 4.78 is 30.0. The number of unbranched alkanes of at least 4 members (excludes halogenated alkanes) is 1. The van der Waals surface area contributed by atoms with E-state index in [0.717, 1.165) is 25.0 Å². The van der Waals surface area contributed by atoms with E-state index in [9.17, 15) is 13.2 Å². The Kier molecular flexibility index (Phi) is 13.8. The van der Waals surface area contributed by atoms with Gasteiger partial charge in [0.1, 0.15) is 0 Å². The third-order valence-corrected chi connectivity index (χ3v) is 4.25. The molecule has 1 amide bonds. The van der Waals surface area contributed by atoms with Gasteiger partial charge in [-0.2, -0.15) is 33.7 Å². The van der Waals surface area contributed by atoms with Crippen LogP contribution in [0.25, 0.3) is 0 Å². The molecule has 5 nitrogen and oxygen atoms in total. The van der Waals surface area contributed by atoms with E-state index in [2.05, 4.69) is 30.6 Å². The fourth-order valence-electron chi connectivity index (χ4n) is 1.33. The summed E-state index contributed by atoms with van der Waals surface area (Å²) in [6, 6.07) is 0. The molecule has 0 aliphatic carbocycles. The van der Waals surface area contributed by atoms with Crippen molar-refractivity contribution in [1.82, 2.24) is 5.32 Å². The number of thiol groups is 2. The molecule has 0 fully saturated rings. The van der Waals surface area contributed by atoms with Crippen LogP contribution in [0.1, 0.15) is 40.5 Å². The summed E-state index contributed by atoms with van der Waals surface area (Å²) in [4.78, 5) is 11.4. The van der Waals surface area contributed by atoms with E-state index in [1.807, 2.05) is 0 Å². The van der Waals surface area contributed by atoms with Gasteiger partial charge in [0, 0.05) is 11.7 Å². The van der Waals surface area contributed by atoms with Gasteiger partial charge in [-0.05, 0) is 31.9 Å². The Morgan fingerprint density at radius 3 is 2.42 bits per heavy atom. The van der Waals surface area contributed by atoms with Crippen LogP contribution in [-0.4, -0.2) is 35.3 Å². The maximum absolute atomic E-state index is 11.4. The van der Waals surface area contributed by atoms with Crippen LogP contribution in [0.2, 0.25) is 0 Å². The van der Waals surface area contributed by atoms with Crippen LogP contribution in [0.5, 0.6) is 0 Å². The Balaban J connectivity index is -0.00000144. The first-order chi connectivity index (χ1) is 8.27. The molecule has 0 rings (SSSR count). The minimum Gasteiger partial charge on any atom is -1.00 e. The number of hydrogen-bond acceptors (Lipinski definition) is 5. The average Bonchev–Trinajstić information content (AvgIpc) is 2.23. The van der Waals surface area contributed by atoms with Gasteiger partial charge in [-0.1, -0.05) is 6.42 Å². The number of hydrogen-bond donors (Lipinski definition) is 4. The van der Waals surface area contributed by atoms with Crippen LogP contribution in [0.3, 0.4) is 0 Å². The van der Waals surface area contributed by atoms with Crippen LogP contribution >= 0.6 is 25.3 Å². The van der Waals surface area contributed by atoms with Gasteiger partial charge in [0.2, 0.25) is 5.91 Å². The third-order valence-electron chi connectivity index (χ3n) is 2.46. The van der Waals surface area contributed by atoms with Crippen molar-refractivity contribution in [3.8, 4) is 0 Å². The van der Waals surface area contributed by atoms with Gasteiger partial charge in [-0.15, -0.1) is 0 Å². The van der Waals surface area contributed by atoms with E-state index in [0.29, 0.717) is 11.7 Å². The number of rotatable bonds is 9. The van der Waals surface area contributed by atoms with E-state index in [1.54, 1.807) is 0 Å². The Bertz CT molecular complexity index is 356. The van der Waals surface area contributed by atoms with Crippen molar-refractivity contribution in [1.29, 1.82) is 0 Å². The number of amides is 1. The van der Waals surface area contributed by atoms with Crippen LogP contribution in [0.15, 0.2) is 0 Å². The minimum atomic E-state index is -4.20. The van der Waals surface area contributed by atoms with E-state index < -0.39 is 15.5 Å². The zero-order valence-corrected chi connectivity index (χ0v) is 16.0. The second-order valence-corrected chi connectivity index (χ2v) is 7.05. The summed E-state index contributed by atoms with van der Waals surface area (Å²) in [5.74, 6) is 0.422. The normalized spacial score (nSPS) is 14.3. The molecule has 2 N–H and O–H groups in total. The number of carbonyl (C=O) groups excluding carboxylic acids is 1. The smallest absolute Gasteiger partial charge is 1.00 e. The third kappa shape index (κ3) is 12.5. The largest absolute Gasteiger partial charge is 1.00 e. The zero-order valence-electron chi connectivity index (χ0n) is 12.4. The van der Waals surface area contributed by atoms with Crippen molar-refractivity contribution in [2.45, 2.75) is 49.7 Å². The van der Waals surface area contributed by atoms with Crippen LogP contribution in [0.4, 0.5) is 0 Å². The molecular weight excluding hydrogens is 317 g/mol. The fourth-order valence-corrected chi connectivity index (χ4v) is 2.44. The summed E-state index contributed by atoms with van der Waals surface area (Å²) in [5.41, 5.74) is 0. The summed E-state index contributed by atoms with van der Waals surface area (Å²) in [7, 11) is -4.20. The van der Waals surface area contributed by atoms with Crippen LogP contribution in [0, 0.1) is 0 Å². The Morgan fingerprint density at radius 1 is 1.37 bits per heavy atom. The van der Waals surface area contributed by atoms with E-state index >= 15 is 0 Å². The second kappa shape index (κ2) is 11.7. The Labute approximate surface area is 150 Å². The topological polar surface area (TPSA) is 83.5 Å². The molecule has 2 atom stereocenters. The molecule has 19 heavy (non-hydrogen) atoms. The van der Waals surface area contributed by atoms with Crippen molar-refractivity contribution in [2.24, 2.45) is 0 Å². The van der Waals surface area contributed by atoms with Crippen molar-refractivity contribution in [3.63, 3.8) is 0 Å². The average molecular weight is 339 g/mol. The van der Waals surface area contributed by atoms with Crippen molar-refractivity contribution in [2.75, 3.05) is 5.75 Å². The summed E-state index contributed by atoms with van der Waals surface area (Å²) in [6.07, 6.45) is 3.62. The predicted molar refractivity (Wildman–Crippen MR) is 80.0 cm³/mol. The molecule has 0 aliphatic rings. The van der Waals surface area contributed by atoms with Gasteiger partial charge in [0.05, 0.1) is 0 Å². The van der Waals surface area contributed by atoms with Gasteiger partial charge in [0.15, 0.2) is 5.37 Å². The first-order valence-electron chi connectivity index (χ1n) is 5.82. The quantitative estimate of drug-likeness (QED) is 0.181. The fraction of sp³-hybridized carbons (Fsp3) is 0.900. The summed E-state index contributed by atoms with van der Waals surface area (Å²) >= 11 is 8.47. The first-order valence-corrected chi connectivity index (χ1v) is 8.47. The molecule has 0 radical (unpaired) electrons. The molecule has 0 aromatic heterocycles. The molecule has 0 aromatic rings. The Morgan fingerprint density at radius 2 is 1.95 bits per heavy atom. The number of carbonyl (C=O) groups is 1. The molecule has 0 heterocycles. The zero-order chi connectivity index (χ0) is 14.2. The predicted octanol–water partition coefficient (Wildman–Crippen LogP) is -1.37. The van der Waals surface area contributed by atoms with E-state index in [1.165, 1.54) is 6.92 Å². The molecule has 0 aromatic carbocycles. The molecule has 0 saturated heterocycles. The van der Waals surface area contributed by atoms with Crippen molar-refractivity contribution < 1.29 is 48.7 Å². The molecule has 0 aliphatic heterocycles. The maximum atomic E-state index is 11.4. The maximum Gasteiger partial charge on any atom is 1.00 e. The van der Waals surface area contributed by atoms with Gasteiger partial charge < -0.3 is 6.74 Å². The monoisotopic (exact) mass is 339 g/mol. The molecule has 9 heteroatoms. The SMILES string of the molecule is CC(NC(=O)CCCCC(S)CCS)S(=O)(=O)O.[H-].[Na+]. The van der Waals surface area contributed by atoms with Crippen LogP contribution in [-0.2, 0) is 14.9 Å². The molecule has 110 valence electrons. The van der Waals surface area contributed by atoms with Crippen molar-refractivity contribution in [3.05, 3.63) is 0 Å². The van der Waals surface area contributed by atoms with Crippen LogP contribution < -0.4 is 34.9 Å². The van der Waals surface area contributed by atoms with Gasteiger partial charge in [-0.3, -0.25) is 9.35 Å². The molecule has 2 unspecified atom stereocenters. The molecule has 0 spiro atoms. The van der Waals surface area contributed by atoms with Gasteiger partial charge >= 0.3 is 29.6 Å². The van der Waals surface area contributed by atoms with E-state index in [-0.39, 0.29) is 43.3 Å². The van der Waals surface area contributed by atoms with Crippen molar-refractivity contribution >= 4 is 41.3 Å². The minimum absolute atomic E-state index is 0. The van der Waals surface area contributed by atoms with E-state index in [4.69, 9.17) is 4.55 Å². The van der Waals surface area contributed by atoms with Gasteiger partial charge in [-0.25, -0.2) is 0 Å². The summed E-state index contributed by atoms with van der Waals surface area (Å²) in [6.45, 7) is 1.23. The standard InChI is InChI=1S/C10H21NO4S3.Na.H/c1-8(18(13,14)15)11-10(12)5-3-2-4-9(17)6-7-16;;/h8-9,16-17H,2-7H2,1H3,(H,11,12)(H,13,14,15);;/q;+1;-1. The Hall–Kier alpha value is 1.08. The second-order valence-electron chi connectivity index (χ2n) is 4.14. The molecule has 0 bridgehead atoms. The number of nitrogens with one attached hydrogen (secondary N) is 1. The molecular formula is C10H22NNaO4S3.